The van der Waals surface area contributed by atoms with Gasteiger partial charge in [0.25, 0.3) is 0 Å². The number of aliphatic imine (C=N–C) groups is 1. The Hall–Kier alpha value is -3.75. The molecule has 174 valence electrons. The van der Waals surface area contributed by atoms with Gasteiger partial charge in [0.05, 0.1) is 0 Å². The molecule has 1 aromatic heterocycles. The molecular formula is C34H27NS. The summed E-state index contributed by atoms with van der Waals surface area (Å²) in [6, 6.07) is 35.4. The molecule has 1 aliphatic heterocycles. The monoisotopic (exact) mass is 481 g/mol. The summed E-state index contributed by atoms with van der Waals surface area (Å²) in [7, 11) is 0. The van der Waals surface area contributed by atoms with Crippen LogP contribution in [0.4, 0.5) is 0 Å². The first kappa shape index (κ1) is 21.5. The molecule has 2 aliphatic rings. The summed E-state index contributed by atoms with van der Waals surface area (Å²) in [6.07, 6.45) is 6.55. The molecule has 0 saturated carbocycles. The Morgan fingerprint density at radius 3 is 2.19 bits per heavy atom. The first-order valence-corrected chi connectivity index (χ1v) is 13.5. The number of benzene rings is 4. The molecule has 2 atom stereocenters. The van der Waals surface area contributed by atoms with E-state index in [0.29, 0.717) is 5.92 Å². The number of nitrogens with zero attached hydrogens (tertiary/aromatic N) is 1. The van der Waals surface area contributed by atoms with Crippen LogP contribution >= 0.6 is 11.3 Å². The maximum Gasteiger partial charge on any atom is 0.0430 e. The lowest BCUT2D eigenvalue weighted by Gasteiger charge is -2.38. The lowest BCUT2D eigenvalue weighted by Crippen LogP contribution is -2.33. The van der Waals surface area contributed by atoms with Crippen LogP contribution in [0, 0.1) is 5.92 Å². The summed E-state index contributed by atoms with van der Waals surface area (Å²) >= 11 is 1.95. The molecule has 0 spiro atoms. The van der Waals surface area contributed by atoms with Crippen molar-refractivity contribution >= 4 is 28.3 Å². The number of fused-ring (bicyclic) bond motifs is 7. The molecule has 2 heterocycles. The van der Waals surface area contributed by atoms with Crippen molar-refractivity contribution in [2.45, 2.75) is 25.2 Å². The Bertz CT molecular complexity index is 1650. The van der Waals surface area contributed by atoms with Crippen LogP contribution in [-0.2, 0) is 5.41 Å². The number of thiophene rings is 1. The third kappa shape index (κ3) is 3.11. The summed E-state index contributed by atoms with van der Waals surface area (Å²) < 4.78 is 0. The highest BCUT2D eigenvalue weighted by Gasteiger charge is 2.44. The molecule has 4 aromatic carbocycles. The van der Waals surface area contributed by atoms with E-state index < -0.39 is 0 Å². The van der Waals surface area contributed by atoms with Crippen molar-refractivity contribution < 1.29 is 0 Å². The lowest BCUT2D eigenvalue weighted by molar-refractivity contribution is 0.371. The Labute approximate surface area is 216 Å². The van der Waals surface area contributed by atoms with Crippen LogP contribution in [-0.4, -0.2) is 6.21 Å². The summed E-state index contributed by atoms with van der Waals surface area (Å²) in [5.74, 6) is 0.511. The van der Waals surface area contributed by atoms with E-state index in [0.717, 1.165) is 0 Å². The van der Waals surface area contributed by atoms with Gasteiger partial charge in [0.2, 0.25) is 0 Å². The molecule has 0 amide bonds. The second kappa shape index (κ2) is 8.15. The first-order chi connectivity index (χ1) is 17.6. The van der Waals surface area contributed by atoms with Gasteiger partial charge in [-0.3, -0.25) is 4.99 Å². The SMILES string of the molecule is CC1(C)c2c(ccc3ccccc23)-c2sc(-c3ccccc3)c(-c3ccccc3)c2C2C=NC=CC21. The Morgan fingerprint density at radius 1 is 0.722 bits per heavy atom. The van der Waals surface area contributed by atoms with Crippen LogP contribution < -0.4 is 0 Å². The molecule has 1 nitrogen and oxygen atoms in total. The van der Waals surface area contributed by atoms with Crippen molar-refractivity contribution in [2.75, 3.05) is 0 Å². The molecule has 0 radical (unpaired) electrons. The highest BCUT2D eigenvalue weighted by atomic mass is 32.1. The van der Waals surface area contributed by atoms with Crippen LogP contribution in [0.3, 0.4) is 0 Å². The van der Waals surface area contributed by atoms with Crippen molar-refractivity contribution in [2.24, 2.45) is 10.9 Å². The fourth-order valence-corrected chi connectivity index (χ4v) is 7.82. The van der Waals surface area contributed by atoms with Gasteiger partial charge in [-0.25, -0.2) is 0 Å². The average Bonchev–Trinajstić information content (AvgIpc) is 3.30. The van der Waals surface area contributed by atoms with Crippen molar-refractivity contribution in [3.63, 3.8) is 0 Å². The topological polar surface area (TPSA) is 12.4 Å². The minimum Gasteiger partial charge on any atom is -0.269 e. The van der Waals surface area contributed by atoms with Gasteiger partial charge >= 0.3 is 0 Å². The molecule has 2 heteroatoms. The zero-order chi connectivity index (χ0) is 24.3. The fourth-order valence-electron chi connectivity index (χ4n) is 6.41. The largest absolute Gasteiger partial charge is 0.269 e. The maximum atomic E-state index is 4.71. The molecule has 36 heavy (non-hydrogen) atoms. The van der Waals surface area contributed by atoms with Crippen molar-refractivity contribution in [3.8, 4) is 32.0 Å². The van der Waals surface area contributed by atoms with Crippen LogP contribution in [0.5, 0.6) is 0 Å². The van der Waals surface area contributed by atoms with Gasteiger partial charge in [-0.1, -0.05) is 117 Å². The molecule has 1 aliphatic carbocycles. The van der Waals surface area contributed by atoms with Crippen molar-refractivity contribution in [1.82, 2.24) is 0 Å². The number of hydrogen-bond donors (Lipinski definition) is 0. The highest BCUT2D eigenvalue weighted by Crippen LogP contribution is 2.59. The van der Waals surface area contributed by atoms with E-state index in [1.807, 2.05) is 17.5 Å². The standard InChI is InChI=1S/C34H27NS/c1-34(2)28-19-20-35-21-27(28)30-29(23-12-5-3-6-13-23)32(24-14-7-4-8-15-24)36-33(30)26-18-17-22-11-9-10-16-25(22)31(26)34/h3-21,27-28H,1-2H3. The van der Waals surface area contributed by atoms with E-state index in [2.05, 4.69) is 123 Å². The average molecular weight is 482 g/mol. The normalized spacial score (nSPS) is 19.4. The van der Waals surface area contributed by atoms with E-state index in [9.17, 15) is 0 Å². The van der Waals surface area contributed by atoms with Crippen LogP contribution in [0.15, 0.2) is 114 Å². The summed E-state index contributed by atoms with van der Waals surface area (Å²) in [4.78, 5) is 7.43. The number of allylic oxidation sites excluding steroid dienone is 1. The number of hydrogen-bond acceptors (Lipinski definition) is 2. The second-order valence-corrected chi connectivity index (χ2v) is 11.4. The summed E-state index contributed by atoms with van der Waals surface area (Å²) in [5, 5.41) is 2.67. The van der Waals surface area contributed by atoms with Gasteiger partial charge in [0.15, 0.2) is 0 Å². The molecule has 0 N–H and O–H groups in total. The van der Waals surface area contributed by atoms with Gasteiger partial charge in [0.1, 0.15) is 0 Å². The van der Waals surface area contributed by atoms with E-state index >= 15 is 0 Å². The first-order valence-electron chi connectivity index (χ1n) is 12.6. The van der Waals surface area contributed by atoms with Gasteiger partial charge in [-0.15, -0.1) is 11.3 Å². The van der Waals surface area contributed by atoms with Gasteiger partial charge in [0, 0.05) is 33.7 Å². The molecule has 0 saturated heterocycles. The van der Waals surface area contributed by atoms with Crippen molar-refractivity contribution in [3.05, 3.63) is 120 Å². The van der Waals surface area contributed by atoms with Gasteiger partial charge < -0.3 is 0 Å². The van der Waals surface area contributed by atoms with E-state index in [1.165, 1.54) is 53.9 Å². The van der Waals surface area contributed by atoms with E-state index in [4.69, 9.17) is 4.99 Å². The number of rotatable bonds is 2. The molecule has 0 bridgehead atoms. The molecule has 7 rings (SSSR count). The minimum atomic E-state index is -0.0661. The predicted octanol–water partition coefficient (Wildman–Crippen LogP) is 9.49. The Balaban J connectivity index is 1.65. The minimum absolute atomic E-state index is 0.0661. The Kier molecular flexibility index (Phi) is 4.87. The van der Waals surface area contributed by atoms with Crippen LogP contribution in [0.25, 0.3) is 42.8 Å². The molecule has 0 fully saturated rings. The summed E-state index contributed by atoms with van der Waals surface area (Å²) in [5.41, 5.74) is 8.08. The molecular weight excluding hydrogens is 454 g/mol. The summed E-state index contributed by atoms with van der Waals surface area (Å²) in [6.45, 7) is 4.85. The maximum absolute atomic E-state index is 4.71. The molecule has 5 aromatic rings. The quantitative estimate of drug-likeness (QED) is 0.238. The van der Waals surface area contributed by atoms with Gasteiger partial charge in [-0.2, -0.15) is 0 Å². The Morgan fingerprint density at radius 2 is 1.42 bits per heavy atom. The van der Waals surface area contributed by atoms with Crippen LogP contribution in [0.2, 0.25) is 0 Å². The highest BCUT2D eigenvalue weighted by molar-refractivity contribution is 7.19. The fraction of sp³-hybridized carbons (Fsp3) is 0.147. The van der Waals surface area contributed by atoms with Crippen LogP contribution in [0.1, 0.15) is 30.9 Å². The second-order valence-electron chi connectivity index (χ2n) is 10.4. The molecule has 2 unspecified atom stereocenters. The van der Waals surface area contributed by atoms with Crippen molar-refractivity contribution in [1.29, 1.82) is 0 Å². The van der Waals surface area contributed by atoms with E-state index in [1.54, 1.807) is 0 Å². The zero-order valence-corrected chi connectivity index (χ0v) is 21.3. The predicted molar refractivity (Wildman–Crippen MR) is 155 cm³/mol. The smallest absolute Gasteiger partial charge is 0.0430 e. The lowest BCUT2D eigenvalue weighted by atomic mass is 9.66. The van der Waals surface area contributed by atoms with Gasteiger partial charge in [-0.05, 0) is 49.9 Å². The van der Waals surface area contributed by atoms with E-state index in [-0.39, 0.29) is 11.3 Å². The third-order valence-electron chi connectivity index (χ3n) is 8.04. The zero-order valence-electron chi connectivity index (χ0n) is 20.5. The third-order valence-corrected chi connectivity index (χ3v) is 9.33.